The van der Waals surface area contributed by atoms with Gasteiger partial charge in [0.15, 0.2) is 0 Å². The summed E-state index contributed by atoms with van der Waals surface area (Å²) in [5.41, 5.74) is 7.31. The molecule has 4 N–H and O–H groups in total. The molecular formula is C50H28F6N8O4. The second kappa shape index (κ2) is 15.7. The molecule has 0 bridgehead atoms. The first-order valence-corrected chi connectivity index (χ1v) is 19.9. The number of fused-ring (bicyclic) bond motifs is 2. The van der Waals surface area contributed by atoms with Crippen molar-refractivity contribution in [1.29, 1.82) is 15.8 Å². The molecule has 0 atom stereocenters. The lowest BCUT2D eigenvalue weighted by atomic mass is 9.87. The van der Waals surface area contributed by atoms with Crippen LogP contribution in [0.1, 0.15) is 91.5 Å². The maximum atomic E-state index is 15.0. The normalized spacial score (nSPS) is 13.3. The molecule has 0 saturated carbocycles. The zero-order valence-electron chi connectivity index (χ0n) is 35.7. The highest BCUT2D eigenvalue weighted by Crippen LogP contribution is 2.48. The number of nitriles is 3. The van der Waals surface area contributed by atoms with Gasteiger partial charge >= 0.3 is 12.4 Å². The standard InChI is InChI=1S/C50H28F6N8O4/c1-21-35(18-57)42(60)36(19-58)22(2)40(21)25-6-10-31-33(14-25)47(67)63(45(31)65)27-8-12-29(38(16-27)49(51,52)53)30-13-9-28(17-39(30)50(54,55)56)64-46(66)32-11-7-26(15-34(32)48(64)68)41-23(3)37(20-59)43(61)44(62-5)24(41)4/h6-17H,60-61H2,1-4H3. The van der Waals surface area contributed by atoms with Gasteiger partial charge in [0.2, 0.25) is 5.69 Å². The summed E-state index contributed by atoms with van der Waals surface area (Å²) in [6.07, 6.45) is -10.7. The molecule has 68 heavy (non-hydrogen) atoms. The smallest absolute Gasteiger partial charge is 0.406 e. The maximum Gasteiger partial charge on any atom is 0.417 e. The van der Waals surface area contributed by atoms with E-state index in [9.17, 15) is 61.3 Å². The Morgan fingerprint density at radius 3 is 1.19 bits per heavy atom. The largest absolute Gasteiger partial charge is 0.417 e. The second-order valence-corrected chi connectivity index (χ2v) is 15.9. The summed E-state index contributed by atoms with van der Waals surface area (Å²) in [6, 6.07) is 17.6. The number of halogens is 6. The van der Waals surface area contributed by atoms with Gasteiger partial charge in [0.1, 0.15) is 18.2 Å². The number of alkyl halides is 6. The van der Waals surface area contributed by atoms with Crippen LogP contribution in [0.2, 0.25) is 0 Å². The molecular weight excluding hydrogens is 891 g/mol. The molecule has 0 fully saturated rings. The number of nitrogens with zero attached hydrogens (tertiary/aromatic N) is 6. The summed E-state index contributed by atoms with van der Waals surface area (Å²) in [5, 5.41) is 29.3. The van der Waals surface area contributed by atoms with Gasteiger partial charge in [-0.25, -0.2) is 14.6 Å². The third kappa shape index (κ3) is 6.66. The first-order chi connectivity index (χ1) is 32.0. The zero-order chi connectivity index (χ0) is 49.6. The Balaban J connectivity index is 1.17. The van der Waals surface area contributed by atoms with Crippen LogP contribution in [0.4, 0.5) is 54.8 Å². The predicted molar refractivity (Wildman–Crippen MR) is 236 cm³/mol. The fourth-order valence-electron chi connectivity index (χ4n) is 9.09. The van der Waals surface area contributed by atoms with Crippen LogP contribution in [0, 0.1) is 68.3 Å². The number of imide groups is 2. The van der Waals surface area contributed by atoms with Crippen molar-refractivity contribution in [3.8, 4) is 51.6 Å². The molecule has 18 heteroatoms. The van der Waals surface area contributed by atoms with E-state index in [1.807, 2.05) is 18.2 Å². The summed E-state index contributed by atoms with van der Waals surface area (Å²) < 4.78 is 89.9. The lowest BCUT2D eigenvalue weighted by Crippen LogP contribution is -2.30. The Morgan fingerprint density at radius 2 is 0.838 bits per heavy atom. The van der Waals surface area contributed by atoms with E-state index in [1.165, 1.54) is 36.4 Å². The van der Waals surface area contributed by atoms with E-state index >= 15 is 0 Å². The number of rotatable bonds is 5. The summed E-state index contributed by atoms with van der Waals surface area (Å²) in [4.78, 5) is 59.6. The first kappa shape index (κ1) is 45.3. The highest BCUT2D eigenvalue weighted by atomic mass is 19.4. The topological polar surface area (TPSA) is 203 Å². The van der Waals surface area contributed by atoms with Crippen molar-refractivity contribution in [2.75, 3.05) is 21.3 Å². The number of carbonyl (C=O) groups is 4. The quantitative estimate of drug-likeness (QED) is 0.0730. The summed E-state index contributed by atoms with van der Waals surface area (Å²) in [6.45, 7) is 13.9. The molecule has 2 heterocycles. The van der Waals surface area contributed by atoms with E-state index in [4.69, 9.17) is 18.0 Å². The third-order valence-electron chi connectivity index (χ3n) is 12.3. The van der Waals surface area contributed by atoms with Crippen molar-refractivity contribution in [2.45, 2.75) is 40.0 Å². The average Bonchev–Trinajstić information content (AvgIpc) is 3.68. The van der Waals surface area contributed by atoms with Crippen LogP contribution in [0.25, 0.3) is 38.2 Å². The summed E-state index contributed by atoms with van der Waals surface area (Å²) >= 11 is 0. The van der Waals surface area contributed by atoms with Gasteiger partial charge in [-0.15, -0.1) is 0 Å². The molecule has 12 nitrogen and oxygen atoms in total. The second-order valence-electron chi connectivity index (χ2n) is 15.9. The van der Waals surface area contributed by atoms with E-state index in [1.54, 1.807) is 27.7 Å². The van der Waals surface area contributed by atoms with Gasteiger partial charge in [0, 0.05) is 0 Å². The molecule has 4 amide bonds. The first-order valence-electron chi connectivity index (χ1n) is 19.9. The van der Waals surface area contributed by atoms with Crippen molar-refractivity contribution in [3.63, 3.8) is 0 Å². The Labute approximate surface area is 381 Å². The predicted octanol–water partition coefficient (Wildman–Crippen LogP) is 10.9. The van der Waals surface area contributed by atoms with Crippen molar-refractivity contribution in [3.05, 3.63) is 157 Å². The SMILES string of the molecule is [C-]#[N+]c1c(C)c(-c2ccc3c(c2)C(=O)N(c2ccc(-c4ccc(N5C(=O)c6ccc(-c7c(C)c(C#N)c(N)c(C#N)c7C)cc6C5=O)cc4C(F)(F)F)c(C(F)(F)F)c2)C3=O)c(C)c(C#N)c1N. The molecule has 0 aliphatic carbocycles. The van der Waals surface area contributed by atoms with Gasteiger partial charge in [-0.2, -0.15) is 42.1 Å². The number of anilines is 4. The van der Waals surface area contributed by atoms with Gasteiger partial charge in [0.25, 0.3) is 23.6 Å². The fourth-order valence-corrected chi connectivity index (χ4v) is 9.09. The van der Waals surface area contributed by atoms with Gasteiger partial charge in [0.05, 0.1) is 79.4 Å². The molecule has 2 aliphatic rings. The van der Waals surface area contributed by atoms with Crippen LogP contribution in [0.3, 0.4) is 0 Å². The van der Waals surface area contributed by atoms with Gasteiger partial charge in [-0.05, 0) is 132 Å². The van der Waals surface area contributed by atoms with Crippen molar-refractivity contribution in [2.24, 2.45) is 0 Å². The van der Waals surface area contributed by atoms with Crippen LogP contribution >= 0.6 is 0 Å². The van der Waals surface area contributed by atoms with E-state index in [-0.39, 0.29) is 67.1 Å². The van der Waals surface area contributed by atoms with Crippen molar-refractivity contribution < 1.29 is 45.5 Å². The number of nitrogens with two attached hydrogens (primary N) is 2. The van der Waals surface area contributed by atoms with Crippen LogP contribution in [0.15, 0.2) is 72.8 Å². The highest BCUT2D eigenvalue weighted by Gasteiger charge is 2.44. The van der Waals surface area contributed by atoms with Crippen LogP contribution in [-0.2, 0) is 12.4 Å². The minimum absolute atomic E-state index is 0.00297. The molecule has 0 unspecified atom stereocenters. The fraction of sp³-hybridized carbons (Fsp3) is 0.120. The molecule has 334 valence electrons. The molecule has 8 rings (SSSR count). The maximum absolute atomic E-state index is 15.0. The lowest BCUT2D eigenvalue weighted by Gasteiger charge is -2.22. The van der Waals surface area contributed by atoms with E-state index in [2.05, 4.69) is 4.85 Å². The monoisotopic (exact) mass is 918 g/mol. The summed E-state index contributed by atoms with van der Waals surface area (Å²) in [5.74, 6) is -4.19. The van der Waals surface area contributed by atoms with Crippen molar-refractivity contribution in [1.82, 2.24) is 0 Å². The molecule has 2 aliphatic heterocycles. The Bertz CT molecular complexity index is 3230. The number of hydrogen-bond acceptors (Lipinski definition) is 9. The van der Waals surface area contributed by atoms with Gasteiger partial charge in [-0.3, -0.25) is 19.2 Å². The highest BCUT2D eigenvalue weighted by molar-refractivity contribution is 6.35. The molecule has 6 aromatic rings. The Morgan fingerprint density at radius 1 is 0.500 bits per heavy atom. The third-order valence-corrected chi connectivity index (χ3v) is 12.3. The molecule has 0 spiro atoms. The average molecular weight is 919 g/mol. The summed E-state index contributed by atoms with van der Waals surface area (Å²) in [7, 11) is 0. The van der Waals surface area contributed by atoms with Crippen LogP contribution in [-0.4, -0.2) is 23.6 Å². The molecule has 0 radical (unpaired) electrons. The van der Waals surface area contributed by atoms with E-state index < -0.39 is 69.6 Å². The number of nitrogen functional groups attached to an aromatic ring is 2. The minimum Gasteiger partial charge on any atom is -0.406 e. The number of carbonyl (C=O) groups excluding carboxylic acids is 4. The van der Waals surface area contributed by atoms with Gasteiger partial charge in [-0.1, -0.05) is 24.3 Å². The molecule has 0 saturated heterocycles. The van der Waals surface area contributed by atoms with Crippen LogP contribution < -0.4 is 21.3 Å². The number of amides is 4. The van der Waals surface area contributed by atoms with E-state index in [0.717, 1.165) is 12.1 Å². The number of benzene rings is 6. The number of hydrogen-bond donors (Lipinski definition) is 2. The molecule has 6 aromatic carbocycles. The zero-order valence-corrected chi connectivity index (χ0v) is 35.7. The molecule has 0 aromatic heterocycles. The Hall–Kier alpha value is -9.26. The van der Waals surface area contributed by atoms with Gasteiger partial charge < -0.3 is 11.5 Å². The Kier molecular flexibility index (Phi) is 10.5. The van der Waals surface area contributed by atoms with Crippen LogP contribution in [0.5, 0.6) is 0 Å². The minimum atomic E-state index is -5.37. The lowest BCUT2D eigenvalue weighted by molar-refractivity contribution is -0.139. The van der Waals surface area contributed by atoms with Crippen molar-refractivity contribution >= 4 is 52.1 Å². The van der Waals surface area contributed by atoms with E-state index in [0.29, 0.717) is 67.4 Å².